The molecule has 2 aliphatic rings. The second-order valence-electron chi connectivity index (χ2n) is 4.85. The summed E-state index contributed by atoms with van der Waals surface area (Å²) in [5, 5.41) is 3.38. The van der Waals surface area contributed by atoms with Gasteiger partial charge in [0.2, 0.25) is 0 Å². The van der Waals surface area contributed by atoms with E-state index in [1.807, 2.05) is 69.2 Å². The fourth-order valence-electron chi connectivity index (χ4n) is 1.93. The van der Waals surface area contributed by atoms with Gasteiger partial charge in [-0.1, -0.05) is 6.08 Å². The maximum Gasteiger partial charge on any atom is 2.00 e. The van der Waals surface area contributed by atoms with Crippen molar-refractivity contribution < 1.29 is 21.8 Å². The Balaban J connectivity index is 0.000000412. The molecule has 2 saturated carbocycles. The Morgan fingerprint density at radius 3 is 2.00 bits per heavy atom. The summed E-state index contributed by atoms with van der Waals surface area (Å²) >= 11 is 2.36. The summed E-state index contributed by atoms with van der Waals surface area (Å²) in [6, 6.07) is 7.95. The number of hydrogen-bond acceptors (Lipinski definition) is 2. The molecule has 0 aromatic heterocycles. The predicted molar refractivity (Wildman–Crippen MR) is 106 cm³/mol. The second kappa shape index (κ2) is 13.1. The maximum absolute atomic E-state index is 5.12. The molecule has 10 radical (unpaired) electrons. The van der Waals surface area contributed by atoms with Gasteiger partial charge in [0, 0.05) is 21.7 Å². The first kappa shape index (κ1) is 21.9. The third kappa shape index (κ3) is 8.77. The molecule has 124 valence electrons. The first-order valence-electron chi connectivity index (χ1n) is 7.40. The number of benzene rings is 1. The fourth-order valence-corrected chi connectivity index (χ4v) is 2.48. The molecule has 4 heteroatoms. The molecule has 0 amide bonds. The number of allylic oxidation sites excluding steroid dienone is 1. The smallest absolute Gasteiger partial charge is 0.497 e. The molecule has 0 spiro atoms. The van der Waals surface area contributed by atoms with Crippen molar-refractivity contribution in [2.75, 3.05) is 19.0 Å². The van der Waals surface area contributed by atoms with E-state index in [9.17, 15) is 0 Å². The third-order valence-corrected chi connectivity index (χ3v) is 3.81. The molecule has 24 heavy (non-hydrogen) atoms. The molecule has 1 aromatic rings. The molecule has 2 aliphatic carbocycles. The quantitative estimate of drug-likeness (QED) is 0.488. The van der Waals surface area contributed by atoms with Gasteiger partial charge < -0.3 is 10.1 Å². The molecular weight excluding hydrogens is 453 g/mol. The normalized spacial score (nSPS) is 17.7. The third-order valence-electron chi connectivity index (χ3n) is 3.12. The van der Waals surface area contributed by atoms with Crippen molar-refractivity contribution >= 4 is 28.3 Å². The zero-order valence-electron chi connectivity index (χ0n) is 13.4. The standard InChI is InChI=1S/C15H15INO.C5H5.Fe/c1-18-15-8-6-14(7-9-15)17-11-13(16)10-12-4-2-3-5-12;1-2-4-5-3-1;/h2-10,17H,11H2,1H3;1-5H;/q;;+2/b13-10-;;. The zero-order chi connectivity index (χ0) is 16.3. The van der Waals surface area contributed by atoms with E-state index < -0.39 is 0 Å². The van der Waals surface area contributed by atoms with E-state index in [2.05, 4.69) is 46.8 Å². The zero-order valence-corrected chi connectivity index (χ0v) is 16.7. The SMILES string of the molecule is COc1ccc(NC/C(I)=C/[C]2[CH][CH][CH][CH]2)cc1.[CH]1[CH][CH][CH][CH]1.[Fe+2]. The molecule has 3 rings (SSSR count). The van der Waals surface area contributed by atoms with Crippen molar-refractivity contribution in [3.63, 3.8) is 0 Å². The first-order chi connectivity index (χ1) is 11.3. The van der Waals surface area contributed by atoms with E-state index in [0.717, 1.165) is 18.0 Å². The van der Waals surface area contributed by atoms with Crippen LogP contribution in [0.2, 0.25) is 0 Å². The number of anilines is 1. The summed E-state index contributed by atoms with van der Waals surface area (Å²) in [5.74, 6) is 2.12. The Labute approximate surface area is 171 Å². The van der Waals surface area contributed by atoms with E-state index >= 15 is 0 Å². The van der Waals surface area contributed by atoms with Crippen LogP contribution in [0.5, 0.6) is 5.75 Å². The van der Waals surface area contributed by atoms with Gasteiger partial charge in [-0.25, -0.2) is 0 Å². The van der Waals surface area contributed by atoms with Crippen molar-refractivity contribution in [1.29, 1.82) is 0 Å². The van der Waals surface area contributed by atoms with Crippen LogP contribution in [0.1, 0.15) is 0 Å². The number of methoxy groups -OCH3 is 1. The van der Waals surface area contributed by atoms with E-state index in [-0.39, 0.29) is 17.1 Å². The van der Waals surface area contributed by atoms with Crippen LogP contribution < -0.4 is 10.1 Å². The van der Waals surface area contributed by atoms with Gasteiger partial charge >= 0.3 is 17.1 Å². The summed E-state index contributed by atoms with van der Waals surface area (Å²) in [6.45, 7) is 0.831. The van der Waals surface area contributed by atoms with E-state index in [4.69, 9.17) is 4.74 Å². The van der Waals surface area contributed by atoms with Crippen molar-refractivity contribution in [3.05, 3.63) is 97.6 Å². The van der Waals surface area contributed by atoms with Gasteiger partial charge in [-0.3, -0.25) is 0 Å². The Hall–Kier alpha value is -0.191. The van der Waals surface area contributed by atoms with Crippen LogP contribution in [0.3, 0.4) is 0 Å². The molecule has 0 heterocycles. The molecule has 0 atom stereocenters. The van der Waals surface area contributed by atoms with Gasteiger partial charge in [0.25, 0.3) is 0 Å². The van der Waals surface area contributed by atoms with E-state index in [1.54, 1.807) is 7.11 Å². The molecule has 0 bridgehead atoms. The molecule has 2 nitrogen and oxygen atoms in total. The molecule has 0 unspecified atom stereocenters. The van der Waals surface area contributed by atoms with Crippen LogP contribution in [-0.4, -0.2) is 13.7 Å². The topological polar surface area (TPSA) is 21.3 Å². The minimum absolute atomic E-state index is 0. The van der Waals surface area contributed by atoms with Crippen molar-refractivity contribution in [1.82, 2.24) is 0 Å². The largest absolute Gasteiger partial charge is 2.00 e. The van der Waals surface area contributed by atoms with E-state index in [0.29, 0.717) is 0 Å². The Morgan fingerprint density at radius 1 is 0.958 bits per heavy atom. The van der Waals surface area contributed by atoms with Crippen LogP contribution >= 0.6 is 22.6 Å². The van der Waals surface area contributed by atoms with Crippen molar-refractivity contribution in [2.45, 2.75) is 0 Å². The Morgan fingerprint density at radius 2 is 1.50 bits per heavy atom. The summed E-state index contributed by atoms with van der Waals surface area (Å²) < 4.78 is 6.40. The Kier molecular flexibility index (Phi) is 11.9. The van der Waals surface area contributed by atoms with Gasteiger partial charge in [-0.05, 0) is 105 Å². The fraction of sp³-hybridized carbons (Fsp3) is 0.100. The average molecular weight is 473 g/mol. The molecule has 1 aromatic carbocycles. The van der Waals surface area contributed by atoms with Crippen molar-refractivity contribution in [2.24, 2.45) is 0 Å². The van der Waals surface area contributed by atoms with Crippen LogP contribution in [0.4, 0.5) is 5.69 Å². The molecule has 0 aliphatic heterocycles. The number of hydrogen-bond donors (Lipinski definition) is 1. The number of rotatable bonds is 5. The maximum atomic E-state index is 5.12. The van der Waals surface area contributed by atoms with Crippen LogP contribution in [-0.2, 0) is 17.1 Å². The summed E-state index contributed by atoms with van der Waals surface area (Å²) in [6.07, 6.45) is 20.5. The average Bonchev–Trinajstić information content (AvgIpc) is 3.29. The van der Waals surface area contributed by atoms with E-state index in [1.165, 1.54) is 9.50 Å². The minimum atomic E-state index is 0. The van der Waals surface area contributed by atoms with Crippen LogP contribution in [0, 0.1) is 63.7 Å². The summed E-state index contributed by atoms with van der Waals surface area (Å²) in [4.78, 5) is 0. The van der Waals surface area contributed by atoms with Gasteiger partial charge in [-0.15, -0.1) is 0 Å². The van der Waals surface area contributed by atoms with Gasteiger partial charge in [-0.2, -0.15) is 0 Å². The van der Waals surface area contributed by atoms with Crippen LogP contribution in [0.25, 0.3) is 0 Å². The predicted octanol–water partition coefficient (Wildman–Crippen LogP) is 4.85. The molecule has 0 saturated heterocycles. The first-order valence-corrected chi connectivity index (χ1v) is 8.48. The number of nitrogens with one attached hydrogen (secondary N) is 1. The number of halogens is 1. The minimum Gasteiger partial charge on any atom is -0.497 e. The van der Waals surface area contributed by atoms with Gasteiger partial charge in [0.15, 0.2) is 0 Å². The Bertz CT molecular complexity index is 457. The summed E-state index contributed by atoms with van der Waals surface area (Å²) in [7, 11) is 1.67. The number of ether oxygens (including phenoxy) is 1. The molecule has 1 N–H and O–H groups in total. The van der Waals surface area contributed by atoms with Crippen molar-refractivity contribution in [3.8, 4) is 5.75 Å². The summed E-state index contributed by atoms with van der Waals surface area (Å²) in [5.41, 5.74) is 1.10. The second-order valence-corrected chi connectivity index (χ2v) is 6.24. The monoisotopic (exact) mass is 473 g/mol. The van der Waals surface area contributed by atoms with Gasteiger partial charge in [0.1, 0.15) is 5.75 Å². The molecule has 2 fully saturated rings. The van der Waals surface area contributed by atoms with Gasteiger partial charge in [0.05, 0.1) is 7.11 Å². The molecular formula is C20H20FeINO+2. The van der Waals surface area contributed by atoms with Crippen LogP contribution in [0.15, 0.2) is 33.9 Å².